The van der Waals surface area contributed by atoms with Crippen molar-refractivity contribution in [2.45, 2.75) is 83.6 Å². The van der Waals surface area contributed by atoms with Crippen molar-refractivity contribution in [2.75, 3.05) is 13.7 Å². The average Bonchev–Trinajstić information content (AvgIpc) is 3.75. The first-order valence-electron chi connectivity index (χ1n) is 15.4. The Kier molecular flexibility index (Phi) is 7.59. The van der Waals surface area contributed by atoms with E-state index in [-0.39, 0.29) is 29.0 Å². The number of nitrogens with one attached hydrogen (secondary N) is 2. The van der Waals surface area contributed by atoms with E-state index in [0.29, 0.717) is 46.6 Å². The predicted molar refractivity (Wildman–Crippen MR) is 166 cm³/mol. The van der Waals surface area contributed by atoms with Crippen LogP contribution in [-0.2, 0) is 24.8 Å². The zero-order valence-electron chi connectivity index (χ0n) is 26.7. The Bertz CT molecular complexity index is 1640. The van der Waals surface area contributed by atoms with Crippen LogP contribution in [0.1, 0.15) is 77.4 Å². The van der Waals surface area contributed by atoms with Crippen molar-refractivity contribution in [1.29, 1.82) is 0 Å². The summed E-state index contributed by atoms with van der Waals surface area (Å²) in [7, 11) is 0.514. The van der Waals surface area contributed by atoms with Crippen LogP contribution in [0.15, 0.2) is 42.6 Å². The minimum absolute atomic E-state index is 0.0763. The fourth-order valence-electron chi connectivity index (χ4n) is 6.38. The molecule has 2 fully saturated rings. The second kappa shape index (κ2) is 10.9. The lowest BCUT2D eigenvalue weighted by atomic mass is 9.77. The molecular formula is C33H39BF2N4O5. The lowest BCUT2D eigenvalue weighted by Gasteiger charge is -2.32. The fourth-order valence-corrected chi connectivity index (χ4v) is 6.38. The molecule has 2 atom stereocenters. The van der Waals surface area contributed by atoms with Gasteiger partial charge in [0.2, 0.25) is 5.91 Å². The summed E-state index contributed by atoms with van der Waals surface area (Å²) < 4.78 is 49.1. The van der Waals surface area contributed by atoms with Crippen LogP contribution >= 0.6 is 0 Å². The number of hydrogen-bond donors (Lipinski definition) is 2. The van der Waals surface area contributed by atoms with Gasteiger partial charge in [0.25, 0.3) is 5.92 Å². The smallest absolute Gasteiger partial charge is 0.453 e. The number of likely N-dealkylation sites (tertiary alicyclic amines) is 1. The van der Waals surface area contributed by atoms with Crippen molar-refractivity contribution in [2.24, 2.45) is 5.92 Å². The molecule has 6 rings (SSSR count). The topological polar surface area (TPSA) is 106 Å². The van der Waals surface area contributed by atoms with Gasteiger partial charge in [0.1, 0.15) is 11.9 Å². The van der Waals surface area contributed by atoms with E-state index in [1.54, 1.807) is 35.4 Å². The highest BCUT2D eigenvalue weighted by Gasteiger charge is 2.53. The lowest BCUT2D eigenvalue weighted by molar-refractivity contribution is -0.135. The molecule has 0 bridgehead atoms. The van der Waals surface area contributed by atoms with Crippen molar-refractivity contribution < 1.29 is 32.4 Å². The van der Waals surface area contributed by atoms with Crippen LogP contribution in [-0.4, -0.2) is 64.9 Å². The van der Waals surface area contributed by atoms with E-state index in [2.05, 4.69) is 15.3 Å². The Morgan fingerprint density at radius 1 is 1.07 bits per heavy atom. The van der Waals surface area contributed by atoms with Gasteiger partial charge in [-0.05, 0) is 69.1 Å². The Balaban J connectivity index is 1.25. The van der Waals surface area contributed by atoms with Gasteiger partial charge in [0.05, 0.1) is 36.2 Å². The number of rotatable bonds is 6. The van der Waals surface area contributed by atoms with Crippen molar-refractivity contribution in [3.63, 3.8) is 0 Å². The highest BCUT2D eigenvalue weighted by Crippen LogP contribution is 2.51. The molecule has 12 heteroatoms. The number of alkyl halides is 2. The van der Waals surface area contributed by atoms with Gasteiger partial charge in [0, 0.05) is 23.2 Å². The standard InChI is InChI=1S/C33H39BF2N4O5/c1-18(2)27(39-30(42)43-7)29(41)40-14-8-9-26(40)28-37-17-25(38-28)19-10-12-21-22-13-11-20(16-24(22)33(35,36)23(21)15-19)34-44-31(3,4)32(5,6)45-34/h10-13,15-18,26-27H,8-9,14H2,1-7H3,(H,37,38)(H,39,42)/t26-,27-/m0/s1. The molecule has 1 aliphatic carbocycles. The van der Waals surface area contributed by atoms with E-state index < -0.39 is 36.4 Å². The molecule has 45 heavy (non-hydrogen) atoms. The molecule has 3 heterocycles. The number of benzene rings is 2. The first-order valence-corrected chi connectivity index (χ1v) is 15.4. The predicted octanol–water partition coefficient (Wildman–Crippen LogP) is 5.54. The maximum absolute atomic E-state index is 16.1. The molecule has 1 aromatic heterocycles. The molecule has 0 unspecified atom stereocenters. The highest BCUT2D eigenvalue weighted by molar-refractivity contribution is 6.62. The van der Waals surface area contributed by atoms with Gasteiger partial charge in [-0.15, -0.1) is 0 Å². The average molecular weight is 621 g/mol. The van der Waals surface area contributed by atoms with Crippen molar-refractivity contribution in [1.82, 2.24) is 20.2 Å². The summed E-state index contributed by atoms with van der Waals surface area (Å²) >= 11 is 0. The summed E-state index contributed by atoms with van der Waals surface area (Å²) in [6.07, 6.45) is 2.40. The summed E-state index contributed by atoms with van der Waals surface area (Å²) in [5.41, 5.74) is 1.32. The largest absolute Gasteiger partial charge is 0.494 e. The maximum atomic E-state index is 16.1. The monoisotopic (exact) mass is 620 g/mol. The zero-order chi connectivity index (χ0) is 32.5. The quantitative estimate of drug-likeness (QED) is 0.351. The minimum atomic E-state index is -3.23. The number of nitrogens with zero attached hydrogens (tertiary/aromatic N) is 2. The van der Waals surface area contributed by atoms with Crippen LogP contribution in [0.4, 0.5) is 13.6 Å². The number of fused-ring (bicyclic) bond motifs is 3. The molecule has 2 N–H and O–H groups in total. The van der Waals surface area contributed by atoms with E-state index in [9.17, 15) is 9.59 Å². The van der Waals surface area contributed by atoms with Crippen LogP contribution in [0.3, 0.4) is 0 Å². The van der Waals surface area contributed by atoms with Gasteiger partial charge in [-0.25, -0.2) is 9.78 Å². The molecule has 2 saturated heterocycles. The number of halogens is 2. The Morgan fingerprint density at radius 2 is 1.71 bits per heavy atom. The molecule has 9 nitrogen and oxygen atoms in total. The molecule has 0 saturated carbocycles. The number of hydrogen-bond acceptors (Lipinski definition) is 6. The van der Waals surface area contributed by atoms with E-state index in [0.717, 1.165) is 6.42 Å². The van der Waals surface area contributed by atoms with Gasteiger partial charge in [-0.3, -0.25) is 4.79 Å². The first-order chi connectivity index (χ1) is 21.1. The number of aromatic amines is 1. The lowest BCUT2D eigenvalue weighted by Crippen LogP contribution is -2.51. The third-order valence-corrected chi connectivity index (χ3v) is 9.70. The Labute approximate surface area is 262 Å². The normalized spacial score (nSPS) is 21.5. The van der Waals surface area contributed by atoms with Crippen LogP contribution in [0.5, 0.6) is 0 Å². The maximum Gasteiger partial charge on any atom is 0.494 e. The Morgan fingerprint density at radius 3 is 2.36 bits per heavy atom. The SMILES string of the molecule is COC(=O)N[C@H](C(=O)N1CCC[C@H]1c1ncc(-c2ccc3c(c2)C(F)(F)c2cc(B4OC(C)(C)C(C)(C)O4)ccc2-3)[nH]1)C(C)C. The fraction of sp³-hybridized carbons (Fsp3) is 0.485. The molecule has 0 spiro atoms. The van der Waals surface area contributed by atoms with Crippen LogP contribution in [0.25, 0.3) is 22.4 Å². The van der Waals surface area contributed by atoms with E-state index >= 15 is 8.78 Å². The third kappa shape index (κ3) is 5.21. The summed E-state index contributed by atoms with van der Waals surface area (Å²) in [5, 5.41) is 2.64. The molecule has 2 aromatic carbocycles. The third-order valence-electron chi connectivity index (χ3n) is 9.70. The summed E-state index contributed by atoms with van der Waals surface area (Å²) in [6.45, 7) is 12.0. The minimum Gasteiger partial charge on any atom is -0.453 e. The number of carbonyl (C=O) groups excluding carboxylic acids is 2. The van der Waals surface area contributed by atoms with Crippen molar-refractivity contribution in [3.05, 3.63) is 59.5 Å². The number of H-pyrrole nitrogens is 1. The van der Waals surface area contributed by atoms with Gasteiger partial charge in [0.15, 0.2) is 0 Å². The van der Waals surface area contributed by atoms with Crippen LogP contribution < -0.4 is 10.8 Å². The molecular weight excluding hydrogens is 581 g/mol. The molecule has 0 radical (unpaired) electrons. The van der Waals surface area contributed by atoms with Gasteiger partial charge < -0.3 is 29.2 Å². The van der Waals surface area contributed by atoms with E-state index in [1.807, 2.05) is 41.5 Å². The number of alkyl carbamates (subject to hydrolysis) is 1. The molecule has 2 aliphatic heterocycles. The highest BCUT2D eigenvalue weighted by atomic mass is 19.3. The number of imidazole rings is 1. The molecule has 3 aliphatic rings. The molecule has 2 amide bonds. The van der Waals surface area contributed by atoms with Gasteiger partial charge in [-0.1, -0.05) is 44.2 Å². The van der Waals surface area contributed by atoms with E-state index in [1.165, 1.54) is 19.2 Å². The Hall–Kier alpha value is -3.77. The van der Waals surface area contributed by atoms with E-state index in [4.69, 9.17) is 14.0 Å². The molecule has 238 valence electrons. The first kappa shape index (κ1) is 31.2. The number of carbonyl (C=O) groups is 2. The number of methoxy groups -OCH3 is 1. The summed E-state index contributed by atoms with van der Waals surface area (Å²) in [6, 6.07) is 8.95. The second-order valence-corrected chi connectivity index (χ2v) is 13.5. The second-order valence-electron chi connectivity index (χ2n) is 13.5. The van der Waals surface area contributed by atoms with Crippen LogP contribution in [0.2, 0.25) is 0 Å². The number of aromatic nitrogens is 2. The number of ether oxygens (including phenoxy) is 1. The number of amides is 2. The summed E-state index contributed by atoms with van der Waals surface area (Å²) in [5.74, 6) is -3.03. The summed E-state index contributed by atoms with van der Waals surface area (Å²) in [4.78, 5) is 34.9. The zero-order valence-corrected chi connectivity index (χ0v) is 26.7. The van der Waals surface area contributed by atoms with Gasteiger partial charge >= 0.3 is 13.2 Å². The van der Waals surface area contributed by atoms with Gasteiger partial charge in [-0.2, -0.15) is 8.78 Å². The van der Waals surface area contributed by atoms with Crippen molar-refractivity contribution in [3.8, 4) is 22.4 Å². The van der Waals surface area contributed by atoms with Crippen LogP contribution in [0, 0.1) is 5.92 Å². The molecule has 3 aromatic rings. The van der Waals surface area contributed by atoms with Crippen molar-refractivity contribution >= 4 is 24.6 Å².